The fraction of sp³-hybridized carbons (Fsp3) is 0.588. The van der Waals surface area contributed by atoms with E-state index < -0.39 is 11.6 Å². The predicted octanol–water partition coefficient (Wildman–Crippen LogP) is 1.83. The van der Waals surface area contributed by atoms with Gasteiger partial charge in [-0.25, -0.2) is 4.79 Å². The molecule has 3 rings (SSSR count). The minimum absolute atomic E-state index is 0.122. The van der Waals surface area contributed by atoms with Crippen LogP contribution in [0, 0.1) is 5.92 Å². The molecule has 3 N–H and O–H groups in total. The molecule has 2 aliphatic heterocycles. The fourth-order valence-electron chi connectivity index (χ4n) is 3.63. The number of hydrogen-bond acceptors (Lipinski definition) is 4. The van der Waals surface area contributed by atoms with Crippen LogP contribution < -0.4 is 16.0 Å². The second kappa shape index (κ2) is 7.84. The average Bonchev–Trinajstić information content (AvgIpc) is 3.15. The summed E-state index contributed by atoms with van der Waals surface area (Å²) in [7, 11) is 1.78. The van der Waals surface area contributed by atoms with E-state index in [1.54, 1.807) is 18.4 Å². The lowest BCUT2D eigenvalue weighted by Crippen LogP contribution is -2.55. The smallest absolute Gasteiger partial charge is 0.322 e. The highest BCUT2D eigenvalue weighted by Crippen LogP contribution is 2.30. The van der Waals surface area contributed by atoms with Gasteiger partial charge >= 0.3 is 6.03 Å². The molecular formula is C17H24ClN5O2S. The van der Waals surface area contributed by atoms with Gasteiger partial charge < -0.3 is 15.5 Å². The Bertz CT molecular complexity index is 714. The van der Waals surface area contributed by atoms with E-state index in [0.29, 0.717) is 0 Å². The normalized spacial score (nSPS) is 24.6. The summed E-state index contributed by atoms with van der Waals surface area (Å²) in [6, 6.07) is 3.57. The first-order valence-electron chi connectivity index (χ1n) is 8.76. The number of thiophene rings is 1. The number of halogens is 1. The lowest BCUT2D eigenvalue weighted by Gasteiger charge is -2.39. The Morgan fingerprint density at radius 2 is 2.15 bits per heavy atom. The number of carbonyl (C=O) groups excluding carboxylic acids is 2. The predicted molar refractivity (Wildman–Crippen MR) is 104 cm³/mol. The van der Waals surface area contributed by atoms with Gasteiger partial charge in [-0.2, -0.15) is 0 Å². The van der Waals surface area contributed by atoms with Crippen molar-refractivity contribution in [1.29, 1.82) is 0 Å². The molecule has 142 valence electrons. The van der Waals surface area contributed by atoms with E-state index in [-0.39, 0.29) is 11.8 Å². The first kappa shape index (κ1) is 19.0. The van der Waals surface area contributed by atoms with Crippen LogP contribution in [0.2, 0.25) is 4.34 Å². The van der Waals surface area contributed by atoms with Crippen molar-refractivity contribution in [2.24, 2.45) is 10.9 Å². The van der Waals surface area contributed by atoms with E-state index in [4.69, 9.17) is 11.6 Å². The molecule has 0 bridgehead atoms. The standard InChI is InChI=1S/C17H24ClN5O2S/c1-17(14(24)21-16(25)22-17)11-6-9-23(10-7-11)15(19-2)20-8-5-12-3-4-13(18)26-12/h3-4,11H,5-10H2,1-2H3,(H,19,20)(H2,21,22,24,25). The molecule has 0 spiro atoms. The number of imide groups is 1. The van der Waals surface area contributed by atoms with Crippen molar-refractivity contribution in [2.75, 3.05) is 26.7 Å². The number of guanidine groups is 1. The van der Waals surface area contributed by atoms with Crippen molar-refractivity contribution >= 4 is 40.8 Å². The zero-order valence-electron chi connectivity index (χ0n) is 15.0. The molecular weight excluding hydrogens is 374 g/mol. The largest absolute Gasteiger partial charge is 0.356 e. The summed E-state index contributed by atoms with van der Waals surface area (Å²) in [5, 5.41) is 8.53. The summed E-state index contributed by atoms with van der Waals surface area (Å²) < 4.78 is 0.808. The third kappa shape index (κ3) is 3.96. The number of urea groups is 1. The summed E-state index contributed by atoms with van der Waals surface area (Å²) in [4.78, 5) is 31.4. The molecule has 2 fully saturated rings. The Morgan fingerprint density at radius 1 is 1.42 bits per heavy atom. The number of aliphatic imine (C=N–C) groups is 1. The van der Waals surface area contributed by atoms with E-state index in [0.717, 1.165) is 49.2 Å². The van der Waals surface area contributed by atoms with Crippen molar-refractivity contribution in [3.63, 3.8) is 0 Å². The maximum Gasteiger partial charge on any atom is 0.322 e. The van der Waals surface area contributed by atoms with Crippen LogP contribution in [0.4, 0.5) is 4.79 Å². The minimum Gasteiger partial charge on any atom is -0.356 e. The van der Waals surface area contributed by atoms with Gasteiger partial charge in [0.1, 0.15) is 5.54 Å². The number of likely N-dealkylation sites (tertiary alicyclic amines) is 1. The summed E-state index contributed by atoms with van der Waals surface area (Å²) in [5.74, 6) is 0.769. The second-order valence-electron chi connectivity index (χ2n) is 6.80. The third-order valence-electron chi connectivity index (χ3n) is 5.18. The molecule has 0 aromatic carbocycles. The van der Waals surface area contributed by atoms with Crippen molar-refractivity contribution in [3.8, 4) is 0 Å². The highest BCUT2D eigenvalue weighted by atomic mass is 35.5. The van der Waals surface area contributed by atoms with Crippen LogP contribution in [0.25, 0.3) is 0 Å². The zero-order valence-corrected chi connectivity index (χ0v) is 16.5. The summed E-state index contributed by atoms with van der Waals surface area (Å²) in [6.07, 6.45) is 2.55. The van der Waals surface area contributed by atoms with Gasteiger partial charge in [0.25, 0.3) is 5.91 Å². The number of piperidine rings is 1. The summed E-state index contributed by atoms with van der Waals surface area (Å²) in [5.41, 5.74) is -0.807. The number of carbonyl (C=O) groups is 2. The second-order valence-corrected chi connectivity index (χ2v) is 8.60. The Morgan fingerprint density at radius 3 is 2.69 bits per heavy atom. The van der Waals surface area contributed by atoms with Gasteiger partial charge in [0.2, 0.25) is 0 Å². The van der Waals surface area contributed by atoms with Gasteiger partial charge in [0, 0.05) is 31.6 Å². The maximum atomic E-state index is 12.1. The van der Waals surface area contributed by atoms with Crippen molar-refractivity contribution in [1.82, 2.24) is 20.9 Å². The number of nitrogens with zero attached hydrogens (tertiary/aromatic N) is 2. The van der Waals surface area contributed by atoms with Crippen LogP contribution in [-0.2, 0) is 11.2 Å². The number of nitrogens with one attached hydrogen (secondary N) is 3. The molecule has 3 amide bonds. The quantitative estimate of drug-likeness (QED) is 0.411. The Hall–Kier alpha value is -1.80. The van der Waals surface area contributed by atoms with Crippen LogP contribution in [0.5, 0.6) is 0 Å². The van der Waals surface area contributed by atoms with E-state index >= 15 is 0 Å². The molecule has 1 aromatic rings. The lowest BCUT2D eigenvalue weighted by molar-refractivity contribution is -0.125. The van der Waals surface area contributed by atoms with Gasteiger partial charge in [0.15, 0.2) is 5.96 Å². The summed E-state index contributed by atoms with van der Waals surface area (Å²) in [6.45, 7) is 4.20. The molecule has 2 aliphatic rings. The molecule has 2 saturated heterocycles. The first-order chi connectivity index (χ1) is 12.4. The summed E-state index contributed by atoms with van der Waals surface area (Å²) >= 11 is 7.56. The number of rotatable bonds is 4. The van der Waals surface area contributed by atoms with Gasteiger partial charge in [-0.15, -0.1) is 11.3 Å². The molecule has 0 saturated carbocycles. The molecule has 1 aromatic heterocycles. The van der Waals surface area contributed by atoms with Crippen molar-refractivity contribution in [3.05, 3.63) is 21.3 Å². The number of amides is 3. The Kier molecular flexibility index (Phi) is 5.72. The molecule has 9 heteroatoms. The lowest BCUT2D eigenvalue weighted by atomic mass is 9.79. The molecule has 1 atom stereocenters. The monoisotopic (exact) mass is 397 g/mol. The van der Waals surface area contributed by atoms with Crippen LogP contribution in [0.15, 0.2) is 17.1 Å². The van der Waals surface area contributed by atoms with Gasteiger partial charge in [-0.05, 0) is 44.2 Å². The Balaban J connectivity index is 1.50. The van der Waals surface area contributed by atoms with E-state index in [2.05, 4.69) is 25.8 Å². The molecule has 7 nitrogen and oxygen atoms in total. The third-order valence-corrected chi connectivity index (χ3v) is 6.47. The van der Waals surface area contributed by atoms with Crippen LogP contribution in [-0.4, -0.2) is 55.0 Å². The van der Waals surface area contributed by atoms with Crippen LogP contribution in [0.1, 0.15) is 24.6 Å². The maximum absolute atomic E-state index is 12.1. The van der Waals surface area contributed by atoms with E-state index in [1.165, 1.54) is 4.88 Å². The first-order valence-corrected chi connectivity index (χ1v) is 9.95. The van der Waals surface area contributed by atoms with E-state index in [1.807, 2.05) is 19.1 Å². The molecule has 0 radical (unpaired) electrons. The van der Waals surface area contributed by atoms with Crippen molar-refractivity contribution < 1.29 is 9.59 Å². The highest BCUT2D eigenvalue weighted by Gasteiger charge is 2.48. The zero-order chi connectivity index (χ0) is 18.7. The average molecular weight is 398 g/mol. The SMILES string of the molecule is CN=C(NCCc1ccc(Cl)s1)N1CCC(C2(C)NC(=O)NC2=O)CC1. The molecule has 1 unspecified atom stereocenters. The highest BCUT2D eigenvalue weighted by molar-refractivity contribution is 7.16. The fourth-order valence-corrected chi connectivity index (χ4v) is 4.72. The topological polar surface area (TPSA) is 85.8 Å². The van der Waals surface area contributed by atoms with E-state index in [9.17, 15) is 9.59 Å². The van der Waals surface area contributed by atoms with Crippen LogP contribution in [0.3, 0.4) is 0 Å². The van der Waals surface area contributed by atoms with Crippen LogP contribution >= 0.6 is 22.9 Å². The number of hydrogen-bond donors (Lipinski definition) is 3. The van der Waals surface area contributed by atoms with Gasteiger partial charge in [-0.3, -0.25) is 15.1 Å². The Labute approximate surface area is 162 Å². The van der Waals surface area contributed by atoms with Gasteiger partial charge in [0.05, 0.1) is 4.34 Å². The molecule has 0 aliphatic carbocycles. The van der Waals surface area contributed by atoms with Crippen molar-refractivity contribution in [2.45, 2.75) is 31.7 Å². The minimum atomic E-state index is -0.807. The van der Waals surface area contributed by atoms with Gasteiger partial charge in [-0.1, -0.05) is 11.6 Å². The molecule has 3 heterocycles. The molecule has 26 heavy (non-hydrogen) atoms.